The highest BCUT2D eigenvalue weighted by Crippen LogP contribution is 2.27. The van der Waals surface area contributed by atoms with Gasteiger partial charge in [-0.2, -0.15) is 5.10 Å². The minimum absolute atomic E-state index is 0.317. The molecule has 0 aliphatic carbocycles. The molecule has 7 nitrogen and oxygen atoms in total. The van der Waals surface area contributed by atoms with Crippen LogP contribution in [0.5, 0.6) is 5.88 Å². The van der Waals surface area contributed by atoms with Gasteiger partial charge in [-0.05, 0) is 51.0 Å². The second-order valence-corrected chi connectivity index (χ2v) is 8.40. The molecule has 1 N–H and O–H groups in total. The number of amides is 1. The molecule has 0 fully saturated rings. The number of rotatable bonds is 6. The van der Waals surface area contributed by atoms with Crippen molar-refractivity contribution >= 4 is 11.7 Å². The maximum absolute atomic E-state index is 11.6. The number of allylic oxidation sites excluding steroid dienone is 1. The summed E-state index contributed by atoms with van der Waals surface area (Å²) in [5, 5.41) is 14.2. The van der Waals surface area contributed by atoms with Crippen LogP contribution in [0, 0.1) is 0 Å². The summed E-state index contributed by atoms with van der Waals surface area (Å²) in [4.78, 5) is 17.4. The van der Waals surface area contributed by atoms with Crippen LogP contribution in [0.15, 0.2) is 55.2 Å². The number of carboxylic acid groups (broad SMARTS) is 1. The van der Waals surface area contributed by atoms with E-state index in [2.05, 4.69) is 16.7 Å². The van der Waals surface area contributed by atoms with Gasteiger partial charge in [0.15, 0.2) is 0 Å². The summed E-state index contributed by atoms with van der Waals surface area (Å²) in [6, 6.07) is 13.5. The lowest BCUT2D eigenvalue weighted by Gasteiger charge is -2.33. The molecule has 1 amide bonds. The van der Waals surface area contributed by atoms with E-state index in [4.69, 9.17) is 4.74 Å². The van der Waals surface area contributed by atoms with Crippen molar-refractivity contribution in [3.63, 3.8) is 0 Å². The quantitative estimate of drug-likeness (QED) is 0.589. The summed E-state index contributed by atoms with van der Waals surface area (Å²) < 4.78 is 6.97. The van der Waals surface area contributed by atoms with E-state index in [1.165, 1.54) is 4.90 Å². The number of nitrogens with zero attached hydrogens (tertiary/aromatic N) is 4. The fourth-order valence-electron chi connectivity index (χ4n) is 3.17. The summed E-state index contributed by atoms with van der Waals surface area (Å²) in [6.07, 6.45) is 0.771. The molecule has 0 saturated heterocycles. The van der Waals surface area contributed by atoms with Crippen molar-refractivity contribution in [2.24, 2.45) is 0 Å². The maximum Gasteiger partial charge on any atom is 0.408 e. The number of ether oxygens (including phenoxy) is 1. The number of benzene rings is 1. The van der Waals surface area contributed by atoms with Gasteiger partial charge in [0.2, 0.25) is 5.88 Å². The van der Waals surface area contributed by atoms with Crippen molar-refractivity contribution in [1.29, 1.82) is 0 Å². The second-order valence-electron chi connectivity index (χ2n) is 8.40. The number of carbonyl (C=O) groups is 1. The maximum atomic E-state index is 11.6. The van der Waals surface area contributed by atoms with Crippen LogP contribution < -0.4 is 4.74 Å². The molecule has 0 aliphatic heterocycles. The van der Waals surface area contributed by atoms with Gasteiger partial charge < -0.3 is 9.84 Å². The van der Waals surface area contributed by atoms with Gasteiger partial charge in [-0.3, -0.25) is 4.90 Å². The molecule has 7 heteroatoms. The van der Waals surface area contributed by atoms with Crippen LogP contribution in [0.25, 0.3) is 22.5 Å². The molecule has 162 valence electrons. The summed E-state index contributed by atoms with van der Waals surface area (Å²) in [5.74, 6) is 0.531. The van der Waals surface area contributed by atoms with Crippen LogP contribution in [-0.2, 0) is 6.54 Å². The average Bonchev–Trinajstić information content (AvgIpc) is 3.17. The van der Waals surface area contributed by atoms with Crippen molar-refractivity contribution in [1.82, 2.24) is 19.7 Å². The highest BCUT2D eigenvalue weighted by atomic mass is 16.5. The Balaban J connectivity index is 1.96. The van der Waals surface area contributed by atoms with Gasteiger partial charge in [-0.25, -0.2) is 14.5 Å². The normalized spacial score (nSPS) is 11.3. The largest absolute Gasteiger partial charge is 0.481 e. The highest BCUT2D eigenvalue weighted by Gasteiger charge is 2.26. The Hall–Kier alpha value is -3.61. The molecule has 0 saturated carbocycles. The molecule has 0 aliphatic rings. The van der Waals surface area contributed by atoms with Crippen LogP contribution in [0.4, 0.5) is 4.79 Å². The third kappa shape index (κ3) is 4.94. The Labute approximate surface area is 182 Å². The lowest BCUT2D eigenvalue weighted by molar-refractivity contribution is 0.0955. The van der Waals surface area contributed by atoms with E-state index in [-0.39, 0.29) is 0 Å². The first-order valence-electron chi connectivity index (χ1n) is 9.96. The van der Waals surface area contributed by atoms with Gasteiger partial charge >= 0.3 is 6.09 Å². The van der Waals surface area contributed by atoms with Crippen LogP contribution >= 0.6 is 0 Å². The third-order valence-electron chi connectivity index (χ3n) is 4.95. The summed E-state index contributed by atoms with van der Waals surface area (Å²) in [6.45, 7) is 11.9. The highest BCUT2D eigenvalue weighted by molar-refractivity contribution is 5.69. The van der Waals surface area contributed by atoms with E-state index >= 15 is 0 Å². The van der Waals surface area contributed by atoms with Gasteiger partial charge in [0.05, 0.1) is 30.4 Å². The Morgan fingerprint density at radius 1 is 1.19 bits per heavy atom. The number of hydrogen-bond acceptors (Lipinski definition) is 4. The molecule has 2 heterocycles. The van der Waals surface area contributed by atoms with Crippen molar-refractivity contribution in [3.8, 4) is 22.8 Å². The van der Waals surface area contributed by atoms with Gasteiger partial charge in [0, 0.05) is 23.7 Å². The summed E-state index contributed by atoms with van der Waals surface area (Å²) >= 11 is 0. The van der Waals surface area contributed by atoms with E-state index in [1.807, 2.05) is 68.8 Å². The minimum atomic E-state index is -0.937. The standard InChI is InChI=1S/C24H28N4O3/c1-16(2)20-13-21(28(26-20)19-11-12-22(31-6)25-14-19)18-9-7-17(8-10-18)15-27(23(29)30)24(3,4)5/h7-14H,1,15H2,2-6H3,(H,29,30). The molecule has 0 spiro atoms. The third-order valence-corrected chi connectivity index (χ3v) is 4.95. The fourth-order valence-corrected chi connectivity index (χ4v) is 3.17. The molecule has 1 aromatic carbocycles. The zero-order chi connectivity index (χ0) is 22.8. The molecule has 0 radical (unpaired) electrons. The first-order valence-corrected chi connectivity index (χ1v) is 9.96. The van der Waals surface area contributed by atoms with Crippen molar-refractivity contribution in [2.75, 3.05) is 7.11 Å². The van der Waals surface area contributed by atoms with Crippen LogP contribution in [0.1, 0.15) is 39.0 Å². The van der Waals surface area contributed by atoms with Crippen molar-refractivity contribution in [2.45, 2.75) is 39.8 Å². The monoisotopic (exact) mass is 420 g/mol. The molecule has 0 atom stereocenters. The fraction of sp³-hybridized carbons (Fsp3) is 0.292. The first kappa shape index (κ1) is 22.1. The lowest BCUT2D eigenvalue weighted by atomic mass is 10.0. The number of aromatic nitrogens is 3. The van der Waals surface area contributed by atoms with E-state index in [1.54, 1.807) is 19.4 Å². The average molecular weight is 421 g/mol. The summed E-state index contributed by atoms with van der Waals surface area (Å²) in [5.41, 5.74) is 4.73. The van der Waals surface area contributed by atoms with Crippen molar-refractivity contribution in [3.05, 3.63) is 66.5 Å². The zero-order valence-corrected chi connectivity index (χ0v) is 18.6. The topological polar surface area (TPSA) is 80.5 Å². The number of methoxy groups -OCH3 is 1. The van der Waals surface area contributed by atoms with E-state index in [9.17, 15) is 9.90 Å². The number of hydrogen-bond donors (Lipinski definition) is 1. The molecule has 3 rings (SSSR count). The Morgan fingerprint density at radius 2 is 1.87 bits per heavy atom. The number of pyridine rings is 1. The van der Waals surface area contributed by atoms with Gasteiger partial charge in [0.25, 0.3) is 0 Å². The summed E-state index contributed by atoms with van der Waals surface area (Å²) in [7, 11) is 1.58. The van der Waals surface area contributed by atoms with Gasteiger partial charge in [0.1, 0.15) is 0 Å². The molecule has 2 aromatic heterocycles. The predicted molar refractivity (Wildman–Crippen MR) is 121 cm³/mol. The Morgan fingerprint density at radius 3 is 2.35 bits per heavy atom. The SMILES string of the molecule is C=C(C)c1cc(-c2ccc(CN(C(=O)O)C(C)(C)C)cc2)n(-c2ccc(OC)nc2)n1. The minimum Gasteiger partial charge on any atom is -0.481 e. The lowest BCUT2D eigenvalue weighted by Crippen LogP contribution is -2.44. The molecular formula is C24H28N4O3. The first-order chi connectivity index (χ1) is 14.6. The Bertz CT molecular complexity index is 1080. The zero-order valence-electron chi connectivity index (χ0n) is 18.6. The predicted octanol–water partition coefficient (Wildman–Crippen LogP) is 5.25. The van der Waals surface area contributed by atoms with E-state index in [0.29, 0.717) is 12.4 Å². The smallest absolute Gasteiger partial charge is 0.408 e. The molecular weight excluding hydrogens is 392 g/mol. The Kier molecular flexibility index (Phi) is 6.15. The van der Waals surface area contributed by atoms with Crippen LogP contribution in [0.2, 0.25) is 0 Å². The van der Waals surface area contributed by atoms with Crippen LogP contribution in [0.3, 0.4) is 0 Å². The molecule has 3 aromatic rings. The second kappa shape index (κ2) is 8.63. The van der Waals surface area contributed by atoms with Gasteiger partial charge in [-0.1, -0.05) is 30.8 Å². The van der Waals surface area contributed by atoms with E-state index < -0.39 is 11.6 Å². The van der Waals surface area contributed by atoms with Crippen LogP contribution in [-0.4, -0.2) is 43.5 Å². The van der Waals surface area contributed by atoms with Crippen molar-refractivity contribution < 1.29 is 14.6 Å². The van der Waals surface area contributed by atoms with E-state index in [0.717, 1.165) is 33.8 Å². The molecule has 0 unspecified atom stereocenters. The molecule has 0 bridgehead atoms. The molecule has 31 heavy (non-hydrogen) atoms. The van der Waals surface area contributed by atoms with Gasteiger partial charge in [-0.15, -0.1) is 0 Å².